The molecule has 0 spiro atoms. The average Bonchev–Trinajstić information content (AvgIpc) is 2.41. The highest BCUT2D eigenvalue weighted by Crippen LogP contribution is 2.37. The molecule has 0 amide bonds. The zero-order valence-electron chi connectivity index (χ0n) is 9.55. The zero-order valence-corrected chi connectivity index (χ0v) is 12.6. The topological polar surface area (TPSA) is 61.8 Å². The van der Waals surface area contributed by atoms with E-state index < -0.39 is 0 Å². The van der Waals surface area contributed by atoms with Gasteiger partial charge in [-0.1, -0.05) is 23.2 Å². The fourth-order valence-corrected chi connectivity index (χ4v) is 2.32. The summed E-state index contributed by atoms with van der Waals surface area (Å²) in [6.07, 6.45) is 0. The molecule has 0 unspecified atom stereocenters. The number of halogens is 3. The molecule has 0 saturated carbocycles. The first kappa shape index (κ1) is 14.0. The summed E-state index contributed by atoms with van der Waals surface area (Å²) in [6, 6.07) is 10.6. The predicted molar refractivity (Wildman–Crippen MR) is 83.0 cm³/mol. The molecule has 2 aromatic rings. The van der Waals surface area contributed by atoms with Crippen LogP contribution in [0.2, 0.25) is 10.0 Å². The molecule has 0 aliphatic carbocycles. The van der Waals surface area contributed by atoms with E-state index in [9.17, 15) is 0 Å². The summed E-state index contributed by atoms with van der Waals surface area (Å²) in [4.78, 5) is 0. The van der Waals surface area contributed by atoms with Crippen LogP contribution in [0.1, 0.15) is 5.56 Å². The first-order valence-corrected chi connectivity index (χ1v) is 6.78. The van der Waals surface area contributed by atoms with Crippen molar-refractivity contribution in [3.8, 4) is 6.07 Å². The number of hydrogen-bond donors (Lipinski definition) is 2. The molecule has 0 heterocycles. The van der Waals surface area contributed by atoms with Gasteiger partial charge in [0.2, 0.25) is 0 Å². The lowest BCUT2D eigenvalue weighted by Gasteiger charge is -2.12. The highest BCUT2D eigenvalue weighted by molar-refractivity contribution is 9.10. The lowest BCUT2D eigenvalue weighted by Crippen LogP contribution is -1.97. The summed E-state index contributed by atoms with van der Waals surface area (Å²) in [6.45, 7) is 0. The molecule has 0 saturated heterocycles. The third-order valence-electron chi connectivity index (χ3n) is 2.49. The van der Waals surface area contributed by atoms with E-state index in [0.717, 1.165) is 0 Å². The van der Waals surface area contributed by atoms with E-state index in [1.165, 1.54) is 0 Å². The van der Waals surface area contributed by atoms with Gasteiger partial charge in [0.15, 0.2) is 0 Å². The number of nitrogens with one attached hydrogen (secondary N) is 1. The quantitative estimate of drug-likeness (QED) is 0.590. The third kappa shape index (κ3) is 2.95. The summed E-state index contributed by atoms with van der Waals surface area (Å²) in [5.74, 6) is 0. The van der Waals surface area contributed by atoms with E-state index >= 15 is 0 Å². The van der Waals surface area contributed by atoms with E-state index in [1.54, 1.807) is 30.3 Å². The molecule has 3 nitrogen and oxygen atoms in total. The van der Waals surface area contributed by atoms with Crippen molar-refractivity contribution in [2.24, 2.45) is 0 Å². The molecule has 2 rings (SSSR count). The second-order valence-electron chi connectivity index (χ2n) is 3.76. The van der Waals surface area contributed by atoms with Gasteiger partial charge in [0.1, 0.15) is 0 Å². The third-order valence-corrected chi connectivity index (χ3v) is 4.26. The standard InChI is InChI=1S/C13H8BrCl2N3/c14-8-2-4-10(13(16)12(8)15)19-11-5-7(6-17)1-3-9(11)18/h1-5,19H,18H2. The number of nitrogen functional groups attached to an aromatic ring is 1. The number of nitrogens with zero attached hydrogens (tertiary/aromatic N) is 1. The van der Waals surface area contributed by atoms with E-state index in [1.807, 2.05) is 0 Å². The maximum absolute atomic E-state index is 8.88. The molecule has 0 radical (unpaired) electrons. The van der Waals surface area contributed by atoms with E-state index in [-0.39, 0.29) is 0 Å². The minimum Gasteiger partial charge on any atom is -0.397 e. The van der Waals surface area contributed by atoms with Crippen LogP contribution in [-0.4, -0.2) is 0 Å². The van der Waals surface area contributed by atoms with Crippen LogP contribution in [0, 0.1) is 11.3 Å². The van der Waals surface area contributed by atoms with Crippen molar-refractivity contribution in [1.29, 1.82) is 5.26 Å². The molecule has 96 valence electrons. The Morgan fingerprint density at radius 1 is 1.11 bits per heavy atom. The molecule has 2 aromatic carbocycles. The molecule has 0 bridgehead atoms. The van der Waals surface area contributed by atoms with Crippen LogP contribution in [0.25, 0.3) is 0 Å². The number of anilines is 3. The maximum atomic E-state index is 8.88. The second-order valence-corrected chi connectivity index (χ2v) is 5.37. The van der Waals surface area contributed by atoms with Crippen molar-refractivity contribution in [3.63, 3.8) is 0 Å². The van der Waals surface area contributed by atoms with E-state index in [2.05, 4.69) is 27.3 Å². The van der Waals surface area contributed by atoms with Crippen LogP contribution >= 0.6 is 39.1 Å². The Labute approximate surface area is 129 Å². The van der Waals surface area contributed by atoms with E-state index in [4.69, 9.17) is 34.2 Å². The normalized spacial score (nSPS) is 10.0. The molecule has 6 heteroatoms. The first-order chi connectivity index (χ1) is 9.02. The Balaban J connectivity index is 2.42. The fourth-order valence-electron chi connectivity index (χ4n) is 1.50. The molecule has 0 fully saturated rings. The van der Waals surface area contributed by atoms with Gasteiger partial charge in [-0.25, -0.2) is 0 Å². The molecule has 0 aliphatic rings. The van der Waals surface area contributed by atoms with Crippen LogP contribution in [0.5, 0.6) is 0 Å². The van der Waals surface area contributed by atoms with Gasteiger partial charge < -0.3 is 11.1 Å². The monoisotopic (exact) mass is 355 g/mol. The van der Waals surface area contributed by atoms with Gasteiger partial charge in [0, 0.05) is 4.47 Å². The van der Waals surface area contributed by atoms with Crippen molar-refractivity contribution in [2.45, 2.75) is 0 Å². The van der Waals surface area contributed by atoms with Crippen molar-refractivity contribution >= 4 is 56.2 Å². The van der Waals surface area contributed by atoms with Gasteiger partial charge in [-0.15, -0.1) is 0 Å². The summed E-state index contributed by atoms with van der Waals surface area (Å²) < 4.78 is 0.712. The summed E-state index contributed by atoms with van der Waals surface area (Å²) in [5.41, 5.74) is 8.12. The lowest BCUT2D eigenvalue weighted by molar-refractivity contribution is 1.47. The number of rotatable bonds is 2. The van der Waals surface area contributed by atoms with Gasteiger partial charge in [-0.2, -0.15) is 5.26 Å². The summed E-state index contributed by atoms with van der Waals surface area (Å²) in [5, 5.41) is 12.8. The highest BCUT2D eigenvalue weighted by atomic mass is 79.9. The largest absolute Gasteiger partial charge is 0.397 e. The van der Waals surface area contributed by atoms with Crippen LogP contribution in [0.3, 0.4) is 0 Å². The van der Waals surface area contributed by atoms with Crippen LogP contribution in [-0.2, 0) is 0 Å². The second kappa shape index (κ2) is 5.70. The number of nitrogens with two attached hydrogens (primary N) is 1. The summed E-state index contributed by atoms with van der Waals surface area (Å²) in [7, 11) is 0. The highest BCUT2D eigenvalue weighted by Gasteiger charge is 2.10. The maximum Gasteiger partial charge on any atom is 0.0992 e. The van der Waals surface area contributed by atoms with Gasteiger partial charge in [0.05, 0.1) is 38.7 Å². The smallest absolute Gasteiger partial charge is 0.0992 e. The molecule has 3 N–H and O–H groups in total. The van der Waals surface area contributed by atoms with Gasteiger partial charge >= 0.3 is 0 Å². The Hall–Kier alpha value is -1.41. The molecule has 0 atom stereocenters. The van der Waals surface area contributed by atoms with Crippen molar-refractivity contribution in [1.82, 2.24) is 0 Å². The molecular weight excluding hydrogens is 349 g/mol. The zero-order chi connectivity index (χ0) is 14.0. The Bertz CT molecular complexity index is 680. The van der Waals surface area contributed by atoms with Crippen molar-refractivity contribution < 1.29 is 0 Å². The first-order valence-electron chi connectivity index (χ1n) is 5.23. The molecule has 0 aliphatic heterocycles. The minimum atomic E-state index is 0.387. The van der Waals surface area contributed by atoms with Crippen LogP contribution < -0.4 is 11.1 Å². The predicted octanol–water partition coefficient (Wildman–Crippen LogP) is 4.95. The van der Waals surface area contributed by atoms with Gasteiger partial charge in [0.25, 0.3) is 0 Å². The fraction of sp³-hybridized carbons (Fsp3) is 0. The number of hydrogen-bond acceptors (Lipinski definition) is 3. The Morgan fingerprint density at radius 3 is 2.53 bits per heavy atom. The Kier molecular flexibility index (Phi) is 4.20. The average molecular weight is 357 g/mol. The molecular formula is C13H8BrCl2N3. The SMILES string of the molecule is N#Cc1ccc(N)c(Nc2ccc(Br)c(Cl)c2Cl)c1. The van der Waals surface area contributed by atoms with Gasteiger partial charge in [-0.3, -0.25) is 0 Å². The van der Waals surface area contributed by atoms with Crippen LogP contribution in [0.15, 0.2) is 34.8 Å². The van der Waals surface area contributed by atoms with E-state index in [0.29, 0.717) is 37.1 Å². The molecule has 0 aromatic heterocycles. The van der Waals surface area contributed by atoms with Crippen molar-refractivity contribution in [3.05, 3.63) is 50.4 Å². The number of benzene rings is 2. The minimum absolute atomic E-state index is 0.387. The van der Waals surface area contributed by atoms with Crippen LogP contribution in [0.4, 0.5) is 17.1 Å². The summed E-state index contributed by atoms with van der Waals surface area (Å²) >= 11 is 15.5. The van der Waals surface area contributed by atoms with Crippen molar-refractivity contribution in [2.75, 3.05) is 11.1 Å². The van der Waals surface area contributed by atoms with Gasteiger partial charge in [-0.05, 0) is 46.3 Å². The Morgan fingerprint density at radius 2 is 1.84 bits per heavy atom. The number of nitriles is 1. The molecule has 19 heavy (non-hydrogen) atoms. The lowest BCUT2D eigenvalue weighted by atomic mass is 10.2.